The summed E-state index contributed by atoms with van der Waals surface area (Å²) in [6.07, 6.45) is 5.71. The molecule has 7 heteroatoms. The highest BCUT2D eigenvalue weighted by Crippen LogP contribution is 2.39. The third-order valence-corrected chi connectivity index (χ3v) is 5.52. The molecule has 0 amide bonds. The molecule has 1 N–H and O–H groups in total. The van der Waals surface area contributed by atoms with Crippen LogP contribution in [0, 0.1) is 5.92 Å². The van der Waals surface area contributed by atoms with Crippen LogP contribution in [0.4, 0.5) is 5.82 Å². The quantitative estimate of drug-likeness (QED) is 0.716. The van der Waals surface area contributed by atoms with Gasteiger partial charge in [0.25, 0.3) is 0 Å². The highest BCUT2D eigenvalue weighted by Gasteiger charge is 2.43. The first-order chi connectivity index (χ1) is 13.1. The van der Waals surface area contributed by atoms with Gasteiger partial charge in [-0.05, 0) is 36.6 Å². The van der Waals surface area contributed by atoms with Gasteiger partial charge in [0.2, 0.25) is 0 Å². The molecule has 2 bridgehead atoms. The molecule has 136 valence electrons. The van der Waals surface area contributed by atoms with Gasteiger partial charge in [0.05, 0.1) is 17.9 Å². The van der Waals surface area contributed by atoms with Crippen molar-refractivity contribution in [1.29, 1.82) is 0 Å². The fourth-order valence-corrected chi connectivity index (χ4v) is 4.21. The van der Waals surface area contributed by atoms with Crippen molar-refractivity contribution in [2.75, 3.05) is 0 Å². The monoisotopic (exact) mass is 380 g/mol. The molecule has 2 saturated heterocycles. The minimum Gasteiger partial charge on any atom is -0.507 e. The van der Waals surface area contributed by atoms with Crippen LogP contribution >= 0.6 is 11.6 Å². The van der Waals surface area contributed by atoms with Crippen molar-refractivity contribution in [2.24, 2.45) is 10.9 Å². The van der Waals surface area contributed by atoms with E-state index in [0.717, 1.165) is 29.3 Å². The fraction of sp³-hybridized carbons (Fsp3) is 0.300. The van der Waals surface area contributed by atoms with Crippen LogP contribution in [0.5, 0.6) is 5.75 Å². The number of hydrogen-bond donors (Lipinski definition) is 1. The fourth-order valence-electron chi connectivity index (χ4n) is 4.04. The van der Waals surface area contributed by atoms with Crippen molar-refractivity contribution >= 4 is 33.9 Å². The number of ether oxygens (including phenoxy) is 1. The van der Waals surface area contributed by atoms with Gasteiger partial charge in [-0.1, -0.05) is 18.5 Å². The Kier molecular flexibility index (Phi) is 3.84. The molecule has 0 aliphatic carbocycles. The average Bonchev–Trinajstić information content (AvgIpc) is 3.21. The molecule has 5 rings (SSSR count). The van der Waals surface area contributed by atoms with Crippen molar-refractivity contribution in [3.63, 3.8) is 0 Å². The van der Waals surface area contributed by atoms with Crippen LogP contribution in [-0.2, 0) is 4.74 Å². The van der Waals surface area contributed by atoms with Gasteiger partial charge in [-0.2, -0.15) is 0 Å². The lowest BCUT2D eigenvalue weighted by molar-refractivity contribution is 0.110. The number of aromatic nitrogens is 3. The van der Waals surface area contributed by atoms with E-state index in [1.807, 2.05) is 6.07 Å². The molecule has 2 aliphatic heterocycles. The number of rotatable bonds is 2. The van der Waals surface area contributed by atoms with Crippen LogP contribution in [0.3, 0.4) is 0 Å². The summed E-state index contributed by atoms with van der Waals surface area (Å²) in [5.74, 6) is 1.07. The normalized spacial score (nSPS) is 25.6. The maximum atomic E-state index is 10.3. The molecule has 1 unspecified atom stereocenters. The van der Waals surface area contributed by atoms with Crippen molar-refractivity contribution in [1.82, 2.24) is 15.2 Å². The summed E-state index contributed by atoms with van der Waals surface area (Å²) in [5, 5.41) is 21.1. The molecule has 3 aromatic rings. The number of fused-ring (bicyclic) bond motifs is 3. The Hall–Kier alpha value is -2.57. The summed E-state index contributed by atoms with van der Waals surface area (Å²) in [6.45, 7) is 2.19. The third-order valence-electron chi connectivity index (χ3n) is 5.28. The molecule has 2 aliphatic rings. The molecule has 0 radical (unpaired) electrons. The standard InChI is InChI=1S/C20H17ClN4O2/c1-10-6-12-8-16(19(10)27-12)23-20-15-9-22-5-4-13(15)18(24-25-20)14-3-2-11(21)7-17(14)26/h2-5,7,9-10,12,19,26H,6,8H2,1H3/t10-,12?,19-/m1/s1. The maximum Gasteiger partial charge on any atom is 0.183 e. The highest BCUT2D eigenvalue weighted by atomic mass is 35.5. The van der Waals surface area contributed by atoms with Gasteiger partial charge in [0.15, 0.2) is 5.82 Å². The lowest BCUT2D eigenvalue weighted by atomic mass is 9.89. The van der Waals surface area contributed by atoms with Crippen LogP contribution in [0.25, 0.3) is 22.0 Å². The van der Waals surface area contributed by atoms with E-state index in [1.54, 1.807) is 24.5 Å². The van der Waals surface area contributed by atoms with Crippen molar-refractivity contribution in [3.05, 3.63) is 41.7 Å². The van der Waals surface area contributed by atoms with Gasteiger partial charge in [-0.25, -0.2) is 4.99 Å². The van der Waals surface area contributed by atoms with E-state index in [-0.39, 0.29) is 18.0 Å². The number of phenolic OH excluding ortho intramolecular Hbond substituents is 1. The van der Waals surface area contributed by atoms with Crippen LogP contribution in [0.2, 0.25) is 5.02 Å². The van der Waals surface area contributed by atoms with E-state index >= 15 is 0 Å². The molecule has 27 heavy (non-hydrogen) atoms. The molecule has 0 spiro atoms. The minimum absolute atomic E-state index is 0.0595. The maximum absolute atomic E-state index is 10.3. The number of hydrogen-bond acceptors (Lipinski definition) is 6. The Labute approximate surface area is 160 Å². The zero-order chi connectivity index (χ0) is 18.5. The molecule has 0 saturated carbocycles. The first kappa shape index (κ1) is 16.6. The predicted octanol–water partition coefficient (Wildman–Crippen LogP) is 4.32. The number of pyridine rings is 1. The van der Waals surface area contributed by atoms with E-state index in [2.05, 4.69) is 22.1 Å². The van der Waals surface area contributed by atoms with E-state index in [9.17, 15) is 5.11 Å². The zero-order valence-electron chi connectivity index (χ0n) is 14.6. The Morgan fingerprint density at radius 3 is 2.89 bits per heavy atom. The Morgan fingerprint density at radius 1 is 1.22 bits per heavy atom. The van der Waals surface area contributed by atoms with E-state index < -0.39 is 0 Å². The summed E-state index contributed by atoms with van der Waals surface area (Å²) in [5.41, 5.74) is 2.17. The van der Waals surface area contributed by atoms with E-state index in [0.29, 0.717) is 28.0 Å². The van der Waals surface area contributed by atoms with Gasteiger partial charge in [0.1, 0.15) is 11.4 Å². The van der Waals surface area contributed by atoms with Crippen molar-refractivity contribution in [2.45, 2.75) is 32.0 Å². The lowest BCUT2D eigenvalue weighted by Gasteiger charge is -2.15. The second kappa shape index (κ2) is 6.25. The summed E-state index contributed by atoms with van der Waals surface area (Å²) in [7, 11) is 0. The third kappa shape index (κ3) is 2.76. The predicted molar refractivity (Wildman–Crippen MR) is 104 cm³/mol. The number of benzene rings is 1. The zero-order valence-corrected chi connectivity index (χ0v) is 15.4. The second-order valence-corrected chi connectivity index (χ2v) is 7.59. The first-order valence-corrected chi connectivity index (χ1v) is 9.30. The second-order valence-electron chi connectivity index (χ2n) is 7.15. The molecular formula is C20H17ClN4O2. The average molecular weight is 381 g/mol. The molecule has 2 aromatic heterocycles. The lowest BCUT2D eigenvalue weighted by Crippen LogP contribution is -2.23. The molecular weight excluding hydrogens is 364 g/mol. The summed E-state index contributed by atoms with van der Waals surface area (Å²) < 4.78 is 5.96. The summed E-state index contributed by atoms with van der Waals surface area (Å²) in [6, 6.07) is 6.80. The number of phenols is 1. The SMILES string of the molecule is C[C@@H]1CC2CC(=Nc3nnc(-c4ccc(Cl)cc4O)c4ccncc34)[C@@H]1O2. The largest absolute Gasteiger partial charge is 0.507 e. The van der Waals surface area contributed by atoms with Crippen molar-refractivity contribution in [3.8, 4) is 17.0 Å². The minimum atomic E-state index is 0.0595. The topological polar surface area (TPSA) is 80.5 Å². The van der Waals surface area contributed by atoms with E-state index in [4.69, 9.17) is 21.3 Å². The molecule has 6 nitrogen and oxygen atoms in total. The van der Waals surface area contributed by atoms with Gasteiger partial charge in [-0.15, -0.1) is 10.2 Å². The Balaban J connectivity index is 1.65. The van der Waals surface area contributed by atoms with Gasteiger partial charge in [-0.3, -0.25) is 4.98 Å². The van der Waals surface area contributed by atoms with Crippen LogP contribution in [0.1, 0.15) is 19.8 Å². The summed E-state index contributed by atoms with van der Waals surface area (Å²) >= 11 is 5.95. The molecule has 2 fully saturated rings. The van der Waals surface area contributed by atoms with Gasteiger partial charge >= 0.3 is 0 Å². The van der Waals surface area contributed by atoms with Crippen LogP contribution in [0.15, 0.2) is 41.7 Å². The van der Waals surface area contributed by atoms with Gasteiger partial charge < -0.3 is 9.84 Å². The van der Waals surface area contributed by atoms with Crippen LogP contribution in [-0.4, -0.2) is 38.2 Å². The Morgan fingerprint density at radius 2 is 2.11 bits per heavy atom. The summed E-state index contributed by atoms with van der Waals surface area (Å²) in [4.78, 5) is 9.02. The highest BCUT2D eigenvalue weighted by molar-refractivity contribution is 6.30. The first-order valence-electron chi connectivity index (χ1n) is 8.92. The number of nitrogens with zero attached hydrogens (tertiary/aromatic N) is 4. The van der Waals surface area contributed by atoms with E-state index in [1.165, 1.54) is 6.07 Å². The molecule has 4 heterocycles. The smallest absolute Gasteiger partial charge is 0.183 e. The number of aromatic hydroxyl groups is 1. The van der Waals surface area contributed by atoms with Crippen LogP contribution < -0.4 is 0 Å². The Bertz CT molecular complexity index is 1080. The van der Waals surface area contributed by atoms with Gasteiger partial charge in [0, 0.05) is 40.2 Å². The molecule has 1 aromatic carbocycles. The number of halogens is 1. The molecule has 3 atom stereocenters. The number of aliphatic imine (C=N–C) groups is 1. The van der Waals surface area contributed by atoms with Crippen molar-refractivity contribution < 1.29 is 9.84 Å².